The lowest BCUT2D eigenvalue weighted by Gasteiger charge is -2.13. The molecule has 1 rings (SSSR count). The van der Waals surface area contributed by atoms with Gasteiger partial charge in [-0.1, -0.05) is 12.2 Å². The summed E-state index contributed by atoms with van der Waals surface area (Å²) < 4.78 is 5.33. The number of aromatic nitrogens is 3. The van der Waals surface area contributed by atoms with Gasteiger partial charge in [-0.05, 0) is 0 Å². The summed E-state index contributed by atoms with van der Waals surface area (Å²) in [6.07, 6.45) is 4.27. The van der Waals surface area contributed by atoms with E-state index in [4.69, 9.17) is 4.74 Å². The van der Waals surface area contributed by atoms with E-state index in [1.165, 1.54) is 0 Å². The number of nitrogens with zero attached hydrogens (tertiary/aromatic N) is 1. The van der Waals surface area contributed by atoms with Crippen molar-refractivity contribution in [2.24, 2.45) is 0 Å². The van der Waals surface area contributed by atoms with Crippen LogP contribution in [0.4, 0.5) is 0 Å². The van der Waals surface area contributed by atoms with E-state index in [0.29, 0.717) is 12.8 Å². The molecule has 0 spiro atoms. The van der Waals surface area contributed by atoms with Gasteiger partial charge < -0.3 is 4.74 Å². The molecule has 16 heavy (non-hydrogen) atoms. The second kappa shape index (κ2) is 5.69. The van der Waals surface area contributed by atoms with Gasteiger partial charge in [-0.3, -0.25) is 9.97 Å². The molecule has 0 aliphatic carbocycles. The zero-order valence-electron chi connectivity index (χ0n) is 8.73. The predicted molar refractivity (Wildman–Crippen MR) is 59.5 cm³/mol. The molecule has 0 radical (unpaired) electrons. The third-order valence-electron chi connectivity index (χ3n) is 1.78. The van der Waals surface area contributed by atoms with E-state index in [0.717, 1.165) is 0 Å². The Balaban J connectivity index is 2.83. The molecule has 0 aromatic carbocycles. The fourth-order valence-corrected chi connectivity index (χ4v) is 1.15. The molecule has 0 saturated heterocycles. The van der Waals surface area contributed by atoms with Crippen LogP contribution in [0.15, 0.2) is 34.9 Å². The quantitative estimate of drug-likeness (QED) is 0.681. The van der Waals surface area contributed by atoms with E-state index in [2.05, 4.69) is 23.1 Å². The average molecular weight is 223 g/mol. The molecule has 0 bridgehead atoms. The van der Waals surface area contributed by atoms with E-state index in [1.54, 1.807) is 12.2 Å². The van der Waals surface area contributed by atoms with Crippen LogP contribution in [0.25, 0.3) is 0 Å². The van der Waals surface area contributed by atoms with E-state index >= 15 is 0 Å². The van der Waals surface area contributed by atoms with Gasteiger partial charge in [-0.25, -0.2) is 9.59 Å². The van der Waals surface area contributed by atoms with Crippen LogP contribution in [0.2, 0.25) is 0 Å². The first-order valence-corrected chi connectivity index (χ1v) is 4.74. The van der Waals surface area contributed by atoms with Crippen molar-refractivity contribution in [3.63, 3.8) is 0 Å². The molecule has 1 aromatic heterocycles. The largest absolute Gasteiger partial charge is 0.461 e. The van der Waals surface area contributed by atoms with Gasteiger partial charge in [0.2, 0.25) is 0 Å². The van der Waals surface area contributed by atoms with Gasteiger partial charge in [-0.15, -0.1) is 18.1 Å². The summed E-state index contributed by atoms with van der Waals surface area (Å²) >= 11 is 0. The average Bonchev–Trinajstić information content (AvgIpc) is 2.16. The molecule has 2 N–H and O–H groups in total. The lowest BCUT2D eigenvalue weighted by atomic mass is 10.2. The molecule has 6 heteroatoms. The zero-order chi connectivity index (χ0) is 12.0. The van der Waals surface area contributed by atoms with E-state index in [9.17, 15) is 9.59 Å². The van der Waals surface area contributed by atoms with Gasteiger partial charge in [0.1, 0.15) is 6.10 Å². The second-order valence-corrected chi connectivity index (χ2v) is 3.09. The van der Waals surface area contributed by atoms with Crippen molar-refractivity contribution in [3.8, 4) is 6.01 Å². The molecular weight excluding hydrogens is 210 g/mol. The number of H-pyrrole nitrogens is 2. The zero-order valence-corrected chi connectivity index (χ0v) is 8.73. The van der Waals surface area contributed by atoms with Crippen LogP contribution in [0.1, 0.15) is 12.8 Å². The van der Waals surface area contributed by atoms with E-state index in [-0.39, 0.29) is 12.1 Å². The van der Waals surface area contributed by atoms with Crippen LogP contribution in [0.5, 0.6) is 6.01 Å². The number of nitrogens with one attached hydrogen (secondary N) is 2. The third-order valence-corrected chi connectivity index (χ3v) is 1.78. The highest BCUT2D eigenvalue weighted by atomic mass is 16.5. The van der Waals surface area contributed by atoms with Gasteiger partial charge in [0.15, 0.2) is 0 Å². The van der Waals surface area contributed by atoms with Crippen molar-refractivity contribution in [2.75, 3.05) is 0 Å². The Morgan fingerprint density at radius 1 is 1.25 bits per heavy atom. The normalized spacial score (nSPS) is 10.1. The molecule has 0 unspecified atom stereocenters. The minimum absolute atomic E-state index is 0.0950. The number of rotatable bonds is 6. The molecular formula is C10H13N3O3. The summed E-state index contributed by atoms with van der Waals surface area (Å²) in [6.45, 7) is 7.17. The lowest BCUT2D eigenvalue weighted by Crippen LogP contribution is -2.27. The van der Waals surface area contributed by atoms with E-state index in [1.807, 2.05) is 4.98 Å². The first kappa shape index (κ1) is 12.0. The van der Waals surface area contributed by atoms with Crippen molar-refractivity contribution in [1.29, 1.82) is 0 Å². The number of hydrogen-bond donors (Lipinski definition) is 2. The fraction of sp³-hybridized carbons (Fsp3) is 0.300. The molecule has 6 nitrogen and oxygen atoms in total. The number of ether oxygens (including phenoxy) is 1. The maximum atomic E-state index is 10.9. The molecule has 86 valence electrons. The van der Waals surface area contributed by atoms with Crippen molar-refractivity contribution in [3.05, 3.63) is 46.3 Å². The van der Waals surface area contributed by atoms with Gasteiger partial charge in [0.05, 0.1) is 0 Å². The van der Waals surface area contributed by atoms with Crippen LogP contribution in [0.3, 0.4) is 0 Å². The highest BCUT2D eigenvalue weighted by Crippen LogP contribution is 2.07. The SMILES string of the molecule is C=CCC(CC=C)Oc1nc(=O)[nH]c(=O)[nH]1. The number of aromatic amines is 2. The molecule has 0 fully saturated rings. The predicted octanol–water partition coefficient (Wildman–Crippen LogP) is 0.358. The van der Waals surface area contributed by atoms with Crippen LogP contribution >= 0.6 is 0 Å². The standard InChI is InChI=1S/C10H13N3O3/c1-3-5-7(6-4-2)16-10-12-8(14)11-9(15)13-10/h3-4,7H,1-2,5-6H2,(H2,11,12,13,14,15). The number of hydrogen-bond acceptors (Lipinski definition) is 4. The van der Waals surface area contributed by atoms with E-state index < -0.39 is 11.4 Å². The molecule has 0 atom stereocenters. The van der Waals surface area contributed by atoms with Crippen LogP contribution in [-0.4, -0.2) is 21.1 Å². The lowest BCUT2D eigenvalue weighted by molar-refractivity contribution is 0.188. The van der Waals surface area contributed by atoms with Gasteiger partial charge >= 0.3 is 17.4 Å². The summed E-state index contributed by atoms with van der Waals surface area (Å²) in [7, 11) is 0. The summed E-state index contributed by atoms with van der Waals surface area (Å²) in [5.74, 6) is 0. The van der Waals surface area contributed by atoms with Gasteiger partial charge in [-0.2, -0.15) is 0 Å². The van der Waals surface area contributed by atoms with Crippen LogP contribution in [-0.2, 0) is 0 Å². The molecule has 0 amide bonds. The Morgan fingerprint density at radius 3 is 2.38 bits per heavy atom. The van der Waals surface area contributed by atoms with Gasteiger partial charge in [0, 0.05) is 12.8 Å². The molecule has 0 saturated carbocycles. The minimum atomic E-state index is -0.741. The minimum Gasteiger partial charge on any atom is -0.461 e. The maximum Gasteiger partial charge on any atom is 0.353 e. The van der Waals surface area contributed by atoms with Crippen molar-refractivity contribution in [2.45, 2.75) is 18.9 Å². The monoisotopic (exact) mass is 223 g/mol. The maximum absolute atomic E-state index is 10.9. The summed E-state index contributed by atoms with van der Waals surface area (Å²) in [4.78, 5) is 29.6. The molecule has 1 aromatic rings. The summed E-state index contributed by atoms with van der Waals surface area (Å²) in [5, 5.41) is 0. The fourth-order valence-electron chi connectivity index (χ4n) is 1.15. The smallest absolute Gasteiger partial charge is 0.353 e. The Kier molecular flexibility index (Phi) is 4.26. The first-order chi connectivity index (χ1) is 7.65. The van der Waals surface area contributed by atoms with Crippen molar-refractivity contribution in [1.82, 2.24) is 15.0 Å². The second-order valence-electron chi connectivity index (χ2n) is 3.09. The summed E-state index contributed by atoms with van der Waals surface area (Å²) in [6, 6.07) is -0.0950. The molecule has 1 heterocycles. The van der Waals surface area contributed by atoms with Crippen LogP contribution in [0, 0.1) is 0 Å². The molecule has 0 aliphatic heterocycles. The van der Waals surface area contributed by atoms with Crippen LogP contribution < -0.4 is 16.1 Å². The Labute approximate surface area is 91.7 Å². The van der Waals surface area contributed by atoms with Crippen molar-refractivity contribution < 1.29 is 4.74 Å². The topological polar surface area (TPSA) is 87.8 Å². The van der Waals surface area contributed by atoms with Gasteiger partial charge in [0.25, 0.3) is 0 Å². The molecule has 0 aliphatic rings. The van der Waals surface area contributed by atoms with Crippen molar-refractivity contribution >= 4 is 0 Å². The summed E-state index contributed by atoms with van der Waals surface area (Å²) in [5.41, 5.74) is -1.39. The Hall–Kier alpha value is -2.11. The first-order valence-electron chi connectivity index (χ1n) is 4.74. The Morgan fingerprint density at radius 2 is 1.88 bits per heavy atom. The Bertz CT molecular complexity index is 436. The third kappa shape index (κ3) is 3.56. The highest BCUT2D eigenvalue weighted by Gasteiger charge is 2.09. The highest BCUT2D eigenvalue weighted by molar-refractivity contribution is 4.92.